The van der Waals surface area contributed by atoms with Crippen LogP contribution in [-0.2, 0) is 6.16 Å². The average Bonchev–Trinajstić information content (AvgIpc) is 2.71. The van der Waals surface area contributed by atoms with Crippen molar-refractivity contribution in [3.63, 3.8) is 0 Å². The van der Waals surface area contributed by atoms with Crippen LogP contribution in [0.15, 0.2) is 91.0 Å². The van der Waals surface area contributed by atoms with Gasteiger partial charge in [-0.25, -0.2) is 0 Å². The zero-order chi connectivity index (χ0) is 18.5. The van der Waals surface area contributed by atoms with Crippen molar-refractivity contribution in [1.82, 2.24) is 4.67 Å². The number of halogens is 1. The zero-order valence-corrected chi connectivity index (χ0v) is 17.2. The number of benzene rings is 3. The van der Waals surface area contributed by atoms with Crippen LogP contribution in [0, 0.1) is 0 Å². The molecule has 3 aromatic carbocycles. The monoisotopic (exact) mass is 383 g/mol. The Morgan fingerprint density at radius 2 is 1.04 bits per heavy atom. The molecule has 0 heterocycles. The normalized spacial score (nSPS) is 13.3. The Morgan fingerprint density at radius 3 is 1.42 bits per heavy atom. The molecule has 0 saturated carbocycles. The van der Waals surface area contributed by atoms with Crippen molar-refractivity contribution >= 4 is 28.0 Å². The number of rotatable bonds is 7. The molecule has 0 aliphatic heterocycles. The molecule has 0 N–H and O–H groups in total. The molecule has 0 spiro atoms. The van der Waals surface area contributed by atoms with Crippen LogP contribution < -0.4 is 10.6 Å². The molecule has 26 heavy (non-hydrogen) atoms. The summed E-state index contributed by atoms with van der Waals surface area (Å²) >= 11 is 8.01. The van der Waals surface area contributed by atoms with Gasteiger partial charge in [-0.15, -0.1) is 0 Å². The Bertz CT molecular complexity index is 777. The predicted molar refractivity (Wildman–Crippen MR) is 118 cm³/mol. The average molecular weight is 384 g/mol. The van der Waals surface area contributed by atoms with Crippen molar-refractivity contribution in [3.05, 3.63) is 96.6 Å². The molecule has 0 atom stereocenters. The molecule has 0 aliphatic carbocycles. The Morgan fingerprint density at radius 1 is 0.654 bits per heavy atom. The summed E-state index contributed by atoms with van der Waals surface area (Å²) in [6.07, 6.45) is -2.30. The van der Waals surface area contributed by atoms with Gasteiger partial charge in [0.2, 0.25) is 0 Å². The minimum atomic E-state index is -3.12. The van der Waals surface area contributed by atoms with Crippen LogP contribution in [0.4, 0.5) is 0 Å². The van der Waals surface area contributed by atoms with E-state index in [-0.39, 0.29) is 0 Å². The quantitative estimate of drug-likeness (QED) is 0.466. The summed E-state index contributed by atoms with van der Waals surface area (Å²) in [5, 5.41) is 2.47. The van der Waals surface area contributed by atoms with Crippen LogP contribution in [0.3, 0.4) is 0 Å². The maximum atomic E-state index is 8.01. The standard InChI is InChI=1S/C23H27ClNP/c1-3-25(4-2)26(24,22-16-10-6-11-17-22,23-18-12-7-13-19-23)20-21-14-8-5-9-15-21/h5-19H,3-4,20H2,1-2H3. The molecule has 0 saturated heterocycles. The first kappa shape index (κ1) is 19.1. The first-order valence-electron chi connectivity index (χ1n) is 9.26. The fourth-order valence-electron chi connectivity index (χ4n) is 3.95. The summed E-state index contributed by atoms with van der Waals surface area (Å²) in [5.41, 5.74) is 1.28. The van der Waals surface area contributed by atoms with Crippen molar-refractivity contribution in [2.75, 3.05) is 13.1 Å². The van der Waals surface area contributed by atoms with E-state index in [1.165, 1.54) is 16.2 Å². The summed E-state index contributed by atoms with van der Waals surface area (Å²) in [5.74, 6) is 0. The van der Waals surface area contributed by atoms with Gasteiger partial charge in [0.1, 0.15) is 0 Å². The van der Waals surface area contributed by atoms with Crippen molar-refractivity contribution in [2.45, 2.75) is 20.0 Å². The van der Waals surface area contributed by atoms with E-state index < -0.39 is 6.11 Å². The van der Waals surface area contributed by atoms with Gasteiger partial charge < -0.3 is 0 Å². The first-order chi connectivity index (χ1) is 12.6. The Hall–Kier alpha value is -1.66. The molecule has 3 rings (SSSR count). The minimum absolute atomic E-state index is 0.823. The van der Waals surface area contributed by atoms with E-state index in [0.29, 0.717) is 0 Å². The second kappa shape index (κ2) is 7.92. The van der Waals surface area contributed by atoms with E-state index in [2.05, 4.69) is 110 Å². The molecule has 1 nitrogen and oxygen atoms in total. The van der Waals surface area contributed by atoms with Gasteiger partial charge in [0.15, 0.2) is 0 Å². The van der Waals surface area contributed by atoms with Gasteiger partial charge in [0.05, 0.1) is 0 Å². The van der Waals surface area contributed by atoms with Gasteiger partial charge >= 0.3 is 162 Å². The van der Waals surface area contributed by atoms with Crippen molar-refractivity contribution in [2.24, 2.45) is 0 Å². The molecule has 136 valence electrons. The number of hydrogen-bond donors (Lipinski definition) is 0. The SMILES string of the molecule is CCN(CC)P(Cl)(Cc1ccccc1)(c1ccccc1)c1ccccc1. The molecule has 0 fully saturated rings. The Labute approximate surface area is 162 Å². The van der Waals surface area contributed by atoms with Gasteiger partial charge in [-0.05, 0) is 0 Å². The summed E-state index contributed by atoms with van der Waals surface area (Å²) in [4.78, 5) is 0. The van der Waals surface area contributed by atoms with E-state index in [9.17, 15) is 0 Å². The van der Waals surface area contributed by atoms with Crippen LogP contribution in [0.2, 0.25) is 0 Å². The van der Waals surface area contributed by atoms with E-state index in [1.54, 1.807) is 0 Å². The molecule has 0 aromatic heterocycles. The second-order valence-electron chi connectivity index (χ2n) is 6.59. The zero-order valence-electron chi connectivity index (χ0n) is 15.6. The van der Waals surface area contributed by atoms with Gasteiger partial charge in [-0.1, -0.05) is 0 Å². The first-order valence-corrected chi connectivity index (χ1v) is 12.5. The predicted octanol–water partition coefficient (Wildman–Crippen LogP) is 5.80. The van der Waals surface area contributed by atoms with Gasteiger partial charge in [-0.2, -0.15) is 0 Å². The van der Waals surface area contributed by atoms with Crippen LogP contribution in [0.1, 0.15) is 19.4 Å². The summed E-state index contributed by atoms with van der Waals surface area (Å²) in [6, 6.07) is 32.1. The van der Waals surface area contributed by atoms with E-state index in [4.69, 9.17) is 11.2 Å². The third-order valence-corrected chi connectivity index (χ3v) is 12.7. The third-order valence-electron chi connectivity index (χ3n) is 5.20. The fraction of sp³-hybridized carbons (Fsp3) is 0.217. The van der Waals surface area contributed by atoms with E-state index in [1.807, 2.05) is 0 Å². The number of hydrogen-bond acceptors (Lipinski definition) is 1. The van der Waals surface area contributed by atoms with Crippen molar-refractivity contribution in [3.8, 4) is 0 Å². The summed E-state index contributed by atoms with van der Waals surface area (Å²) < 4.78 is 2.50. The maximum absolute atomic E-state index is 8.01. The van der Waals surface area contributed by atoms with E-state index in [0.717, 1.165) is 19.3 Å². The molecular weight excluding hydrogens is 357 g/mol. The molecule has 0 unspecified atom stereocenters. The van der Waals surface area contributed by atoms with Crippen LogP contribution in [0.25, 0.3) is 0 Å². The van der Waals surface area contributed by atoms with Crippen LogP contribution in [-0.4, -0.2) is 17.8 Å². The Balaban J connectivity index is 2.35. The topological polar surface area (TPSA) is 3.24 Å². The molecule has 3 aromatic rings. The fourth-order valence-corrected chi connectivity index (χ4v) is 10.8. The molecule has 0 amide bonds. The van der Waals surface area contributed by atoms with Gasteiger partial charge in [-0.3, -0.25) is 0 Å². The van der Waals surface area contributed by atoms with Gasteiger partial charge in [0, 0.05) is 0 Å². The molecule has 0 radical (unpaired) electrons. The van der Waals surface area contributed by atoms with Crippen molar-refractivity contribution < 1.29 is 0 Å². The Kier molecular flexibility index (Phi) is 5.82. The summed E-state index contributed by atoms with van der Waals surface area (Å²) in [7, 11) is 0. The van der Waals surface area contributed by atoms with Crippen LogP contribution >= 0.6 is 17.3 Å². The number of nitrogens with zero attached hydrogens (tertiary/aromatic N) is 1. The van der Waals surface area contributed by atoms with Gasteiger partial charge in [0.25, 0.3) is 0 Å². The molecule has 0 aliphatic rings. The molecule has 0 bridgehead atoms. The molecular formula is C23H27ClNP. The van der Waals surface area contributed by atoms with Crippen LogP contribution in [0.5, 0.6) is 0 Å². The molecule has 3 heteroatoms. The second-order valence-corrected chi connectivity index (χ2v) is 13.0. The third kappa shape index (κ3) is 3.21. The van der Waals surface area contributed by atoms with Crippen molar-refractivity contribution in [1.29, 1.82) is 0 Å². The van der Waals surface area contributed by atoms with E-state index >= 15 is 0 Å². The summed E-state index contributed by atoms with van der Waals surface area (Å²) in [6.45, 7) is 6.25.